The van der Waals surface area contributed by atoms with Crippen LogP contribution in [0.15, 0.2) is 48.5 Å². The number of nitrogens with two attached hydrogens (primary N) is 1. The molecule has 1 fully saturated rings. The Labute approximate surface area is 162 Å². The quantitative estimate of drug-likeness (QED) is 0.663. The van der Waals surface area contributed by atoms with Gasteiger partial charge in [-0.3, -0.25) is 4.79 Å². The van der Waals surface area contributed by atoms with E-state index in [0.29, 0.717) is 22.9 Å². The zero-order chi connectivity index (χ0) is 19.8. The number of amides is 1. The number of fused-ring (bicyclic) bond motifs is 1. The van der Waals surface area contributed by atoms with Crippen LogP contribution in [0.2, 0.25) is 0 Å². The fourth-order valence-corrected chi connectivity index (χ4v) is 3.69. The Bertz CT molecular complexity index is 1050. The van der Waals surface area contributed by atoms with Gasteiger partial charge >= 0.3 is 5.97 Å². The third kappa shape index (κ3) is 3.11. The third-order valence-corrected chi connectivity index (χ3v) is 5.16. The number of carbonyl (C=O) groups is 2. The maximum Gasteiger partial charge on any atom is 0.341 e. The summed E-state index contributed by atoms with van der Waals surface area (Å²) in [6.07, 6.45) is 1.02. The normalized spacial score (nSPS) is 14.6. The predicted octanol–water partition coefficient (Wildman–Crippen LogP) is 3.68. The van der Waals surface area contributed by atoms with Gasteiger partial charge in [-0.05, 0) is 38.0 Å². The zero-order valence-corrected chi connectivity index (χ0v) is 15.8. The molecule has 1 aliphatic rings. The van der Waals surface area contributed by atoms with E-state index in [1.54, 1.807) is 31.4 Å². The molecule has 1 atom stereocenters. The summed E-state index contributed by atoms with van der Waals surface area (Å²) in [6.45, 7) is 1.91. The number of hydrogen-bond donors (Lipinski definition) is 1. The first-order valence-corrected chi connectivity index (χ1v) is 9.25. The van der Waals surface area contributed by atoms with Crippen molar-refractivity contribution >= 4 is 22.8 Å². The minimum Gasteiger partial charge on any atom is -0.497 e. The van der Waals surface area contributed by atoms with Gasteiger partial charge in [0.15, 0.2) is 0 Å². The molecule has 0 bridgehead atoms. The van der Waals surface area contributed by atoms with Crippen LogP contribution >= 0.6 is 0 Å². The molecule has 2 N–H and O–H groups in total. The van der Waals surface area contributed by atoms with Crippen molar-refractivity contribution in [2.75, 3.05) is 7.11 Å². The Morgan fingerprint density at radius 1 is 1.14 bits per heavy atom. The van der Waals surface area contributed by atoms with Crippen LogP contribution < -0.4 is 10.5 Å². The minimum atomic E-state index is -1.14. The summed E-state index contributed by atoms with van der Waals surface area (Å²) in [5.41, 5.74) is 8.29. The molecule has 2 aromatic carbocycles. The van der Waals surface area contributed by atoms with Crippen molar-refractivity contribution in [2.45, 2.75) is 31.9 Å². The minimum absolute atomic E-state index is 0.388. The number of methoxy groups -OCH3 is 1. The highest BCUT2D eigenvalue weighted by atomic mass is 16.5. The number of hydrogen-bond acceptors (Lipinski definition) is 4. The highest BCUT2D eigenvalue weighted by Crippen LogP contribution is 2.42. The summed E-state index contributed by atoms with van der Waals surface area (Å²) >= 11 is 0. The lowest BCUT2D eigenvalue weighted by Gasteiger charge is -2.15. The summed E-state index contributed by atoms with van der Waals surface area (Å²) < 4.78 is 13.1. The molecular formula is C22H22N2O4. The Hall–Kier alpha value is -3.28. The largest absolute Gasteiger partial charge is 0.497 e. The molecule has 0 saturated heterocycles. The van der Waals surface area contributed by atoms with E-state index in [0.717, 1.165) is 29.4 Å². The number of primary amides is 1. The topological polar surface area (TPSA) is 83.6 Å². The van der Waals surface area contributed by atoms with Crippen LogP contribution in [0.4, 0.5) is 0 Å². The molecule has 144 valence electrons. The molecule has 1 amide bonds. The van der Waals surface area contributed by atoms with E-state index in [1.807, 2.05) is 31.2 Å². The average Bonchev–Trinajstić information content (AvgIpc) is 3.48. The van der Waals surface area contributed by atoms with E-state index in [-0.39, 0.29) is 0 Å². The summed E-state index contributed by atoms with van der Waals surface area (Å²) in [7, 11) is 1.59. The van der Waals surface area contributed by atoms with Crippen LogP contribution in [0.5, 0.6) is 5.75 Å². The van der Waals surface area contributed by atoms with Gasteiger partial charge < -0.3 is 19.8 Å². The predicted molar refractivity (Wildman–Crippen MR) is 105 cm³/mol. The number of rotatable bonds is 6. The van der Waals surface area contributed by atoms with Crippen LogP contribution in [0.1, 0.15) is 46.6 Å². The SMILES string of the molecule is COc1ccc2c(c1)c(C(=O)O[C@H](C(N)=O)c1ccccc1)c(C)n2C1CC1. The highest BCUT2D eigenvalue weighted by molar-refractivity contribution is 6.07. The molecular weight excluding hydrogens is 356 g/mol. The monoisotopic (exact) mass is 378 g/mol. The molecule has 0 radical (unpaired) electrons. The lowest BCUT2D eigenvalue weighted by Crippen LogP contribution is -2.26. The van der Waals surface area contributed by atoms with E-state index >= 15 is 0 Å². The van der Waals surface area contributed by atoms with E-state index in [4.69, 9.17) is 15.2 Å². The molecule has 0 unspecified atom stereocenters. The van der Waals surface area contributed by atoms with Crippen LogP contribution in [-0.4, -0.2) is 23.6 Å². The van der Waals surface area contributed by atoms with Crippen molar-refractivity contribution < 1.29 is 19.1 Å². The number of esters is 1. The number of carbonyl (C=O) groups excluding carboxylic acids is 2. The number of benzene rings is 2. The van der Waals surface area contributed by atoms with Crippen LogP contribution in [0.3, 0.4) is 0 Å². The van der Waals surface area contributed by atoms with Gasteiger partial charge in [0.05, 0.1) is 12.7 Å². The van der Waals surface area contributed by atoms with Gasteiger partial charge in [0.1, 0.15) is 5.75 Å². The highest BCUT2D eigenvalue weighted by Gasteiger charge is 2.32. The fraction of sp³-hybridized carbons (Fsp3) is 0.273. The van der Waals surface area contributed by atoms with Gasteiger partial charge in [-0.1, -0.05) is 30.3 Å². The van der Waals surface area contributed by atoms with Gasteiger partial charge in [0.25, 0.3) is 5.91 Å². The van der Waals surface area contributed by atoms with Crippen molar-refractivity contribution in [1.29, 1.82) is 0 Å². The molecule has 0 aliphatic heterocycles. The summed E-state index contributed by atoms with van der Waals surface area (Å²) in [5.74, 6) is -0.618. The van der Waals surface area contributed by atoms with Crippen molar-refractivity contribution in [3.63, 3.8) is 0 Å². The van der Waals surface area contributed by atoms with Gasteiger partial charge in [-0.2, -0.15) is 0 Å². The molecule has 28 heavy (non-hydrogen) atoms. The molecule has 6 nitrogen and oxygen atoms in total. The number of ether oxygens (including phenoxy) is 2. The Balaban J connectivity index is 1.78. The number of aromatic nitrogens is 1. The maximum absolute atomic E-state index is 13.1. The summed E-state index contributed by atoms with van der Waals surface area (Å²) in [4.78, 5) is 25.1. The second-order valence-corrected chi connectivity index (χ2v) is 7.04. The number of nitrogens with zero attached hydrogens (tertiary/aromatic N) is 1. The molecule has 1 aromatic heterocycles. The first-order chi connectivity index (χ1) is 13.5. The van der Waals surface area contributed by atoms with E-state index in [2.05, 4.69) is 4.57 Å². The van der Waals surface area contributed by atoms with E-state index in [9.17, 15) is 9.59 Å². The van der Waals surface area contributed by atoms with Gasteiger partial charge in [0.2, 0.25) is 6.10 Å². The van der Waals surface area contributed by atoms with Gasteiger partial charge in [0, 0.05) is 28.2 Å². The molecule has 1 heterocycles. The first kappa shape index (κ1) is 18.1. The van der Waals surface area contributed by atoms with Gasteiger partial charge in [-0.15, -0.1) is 0 Å². The van der Waals surface area contributed by atoms with Crippen LogP contribution in [0, 0.1) is 6.92 Å². The van der Waals surface area contributed by atoms with Crippen molar-refractivity contribution in [2.24, 2.45) is 5.73 Å². The molecule has 6 heteroatoms. The standard InChI is InChI=1S/C22H22N2O4/c1-13-19(22(26)28-20(21(23)25)14-6-4-3-5-7-14)17-12-16(27-2)10-11-18(17)24(13)15-8-9-15/h3-7,10-12,15,20H,8-9H2,1-2H3,(H2,23,25)/t20-/m0/s1. The molecule has 4 rings (SSSR count). The summed E-state index contributed by atoms with van der Waals surface area (Å²) in [6, 6.07) is 14.9. The fourth-order valence-electron chi connectivity index (χ4n) is 3.69. The smallest absolute Gasteiger partial charge is 0.341 e. The van der Waals surface area contributed by atoms with Crippen molar-refractivity contribution in [3.8, 4) is 5.75 Å². The Morgan fingerprint density at radius 3 is 2.46 bits per heavy atom. The first-order valence-electron chi connectivity index (χ1n) is 9.25. The Morgan fingerprint density at radius 2 is 1.86 bits per heavy atom. The zero-order valence-electron chi connectivity index (χ0n) is 15.8. The van der Waals surface area contributed by atoms with Crippen LogP contribution in [0.25, 0.3) is 10.9 Å². The van der Waals surface area contributed by atoms with Crippen LogP contribution in [-0.2, 0) is 9.53 Å². The van der Waals surface area contributed by atoms with Gasteiger partial charge in [-0.25, -0.2) is 4.79 Å². The average molecular weight is 378 g/mol. The van der Waals surface area contributed by atoms with Crippen molar-refractivity contribution in [3.05, 3.63) is 65.4 Å². The second kappa shape index (κ2) is 7.03. The second-order valence-electron chi connectivity index (χ2n) is 7.04. The molecule has 1 saturated carbocycles. The van der Waals surface area contributed by atoms with E-state index < -0.39 is 18.0 Å². The molecule has 3 aromatic rings. The summed E-state index contributed by atoms with van der Waals surface area (Å²) in [5, 5.41) is 0.755. The maximum atomic E-state index is 13.1. The lowest BCUT2D eigenvalue weighted by molar-refractivity contribution is -0.127. The lowest BCUT2D eigenvalue weighted by atomic mass is 10.1. The third-order valence-electron chi connectivity index (χ3n) is 5.16. The molecule has 1 aliphatic carbocycles. The van der Waals surface area contributed by atoms with E-state index in [1.165, 1.54) is 0 Å². The Kier molecular flexibility index (Phi) is 4.55. The van der Waals surface area contributed by atoms with Crippen molar-refractivity contribution in [1.82, 2.24) is 4.57 Å². The molecule has 0 spiro atoms.